The van der Waals surface area contributed by atoms with E-state index in [0.29, 0.717) is 28.6 Å². The molecule has 0 atom stereocenters. The van der Waals surface area contributed by atoms with Gasteiger partial charge in [0.2, 0.25) is 0 Å². The molecule has 0 aliphatic rings. The smallest absolute Gasteiger partial charge is 0.147 e. The predicted octanol–water partition coefficient (Wildman–Crippen LogP) is 3.97. The van der Waals surface area contributed by atoms with Gasteiger partial charge in [0.15, 0.2) is 0 Å². The minimum atomic E-state index is -0.405. The summed E-state index contributed by atoms with van der Waals surface area (Å²) >= 11 is 5.69. The van der Waals surface area contributed by atoms with Crippen molar-refractivity contribution >= 4 is 17.3 Å². The Balaban J connectivity index is 2.13. The maximum Gasteiger partial charge on any atom is 0.147 e. The Kier molecular flexibility index (Phi) is 4.44. The molecule has 0 fully saturated rings. The summed E-state index contributed by atoms with van der Waals surface area (Å²) in [7, 11) is 1.51. The van der Waals surface area contributed by atoms with Gasteiger partial charge in [-0.1, -0.05) is 17.7 Å². The van der Waals surface area contributed by atoms with Crippen molar-refractivity contribution in [3.63, 3.8) is 0 Å². The molecule has 20 heavy (non-hydrogen) atoms. The van der Waals surface area contributed by atoms with Crippen LogP contribution in [0.25, 0.3) is 0 Å². The van der Waals surface area contributed by atoms with Gasteiger partial charge in [0.05, 0.1) is 18.4 Å². The average molecular weight is 291 g/mol. The summed E-state index contributed by atoms with van der Waals surface area (Å²) in [4.78, 5) is 0. The molecule has 0 spiro atoms. The van der Waals surface area contributed by atoms with Crippen LogP contribution in [0, 0.1) is 17.1 Å². The van der Waals surface area contributed by atoms with Crippen molar-refractivity contribution in [3.8, 4) is 11.8 Å². The summed E-state index contributed by atoms with van der Waals surface area (Å²) in [6.45, 7) is 0.417. The standard InChI is InChI=1S/C15H12ClFN2O/c1-20-15-6-10(2-3-11(15)8-18)9-19-14-5-4-12(16)7-13(14)17/h2-7,19H,9H2,1H3. The number of rotatable bonds is 4. The number of anilines is 1. The Morgan fingerprint density at radius 2 is 2.10 bits per heavy atom. The van der Waals surface area contributed by atoms with Crippen LogP contribution >= 0.6 is 11.6 Å². The minimum absolute atomic E-state index is 0.355. The van der Waals surface area contributed by atoms with Gasteiger partial charge >= 0.3 is 0 Å². The van der Waals surface area contributed by atoms with Crippen LogP contribution in [0.1, 0.15) is 11.1 Å². The lowest BCUT2D eigenvalue weighted by atomic mass is 10.1. The van der Waals surface area contributed by atoms with Gasteiger partial charge in [-0.05, 0) is 35.9 Å². The number of benzene rings is 2. The Bertz CT molecular complexity index is 667. The van der Waals surface area contributed by atoms with E-state index in [9.17, 15) is 4.39 Å². The van der Waals surface area contributed by atoms with E-state index < -0.39 is 5.82 Å². The number of nitrogens with zero attached hydrogens (tertiary/aromatic N) is 1. The van der Waals surface area contributed by atoms with Gasteiger partial charge in [0, 0.05) is 11.6 Å². The van der Waals surface area contributed by atoms with Crippen LogP contribution in [-0.2, 0) is 6.54 Å². The maximum absolute atomic E-state index is 13.6. The van der Waals surface area contributed by atoms with E-state index in [0.717, 1.165) is 5.56 Å². The van der Waals surface area contributed by atoms with Crippen molar-refractivity contribution in [1.29, 1.82) is 5.26 Å². The molecule has 5 heteroatoms. The topological polar surface area (TPSA) is 45.0 Å². The highest BCUT2D eigenvalue weighted by atomic mass is 35.5. The molecule has 0 aliphatic heterocycles. The first kappa shape index (κ1) is 14.2. The summed E-state index contributed by atoms with van der Waals surface area (Å²) in [5, 5.41) is 12.2. The van der Waals surface area contributed by atoms with Crippen molar-refractivity contribution in [2.75, 3.05) is 12.4 Å². The molecule has 2 rings (SSSR count). The molecule has 0 saturated heterocycles. The quantitative estimate of drug-likeness (QED) is 0.926. The third-order valence-electron chi connectivity index (χ3n) is 2.80. The van der Waals surface area contributed by atoms with E-state index in [1.165, 1.54) is 13.2 Å². The van der Waals surface area contributed by atoms with Crippen LogP contribution in [0.15, 0.2) is 36.4 Å². The molecule has 0 radical (unpaired) electrons. The van der Waals surface area contributed by atoms with Crippen molar-refractivity contribution in [2.45, 2.75) is 6.54 Å². The highest BCUT2D eigenvalue weighted by molar-refractivity contribution is 6.30. The summed E-state index contributed by atoms with van der Waals surface area (Å²) in [5.41, 5.74) is 1.72. The summed E-state index contributed by atoms with van der Waals surface area (Å²) < 4.78 is 18.7. The van der Waals surface area contributed by atoms with Gasteiger partial charge in [0.1, 0.15) is 17.6 Å². The number of ether oxygens (including phenoxy) is 1. The molecule has 2 aromatic carbocycles. The van der Waals surface area contributed by atoms with Crippen molar-refractivity contribution < 1.29 is 9.13 Å². The second-order valence-electron chi connectivity index (χ2n) is 4.12. The zero-order valence-electron chi connectivity index (χ0n) is 10.8. The first-order chi connectivity index (χ1) is 9.63. The average Bonchev–Trinajstić information content (AvgIpc) is 2.46. The van der Waals surface area contributed by atoms with Crippen LogP contribution < -0.4 is 10.1 Å². The van der Waals surface area contributed by atoms with E-state index in [1.54, 1.807) is 30.3 Å². The van der Waals surface area contributed by atoms with Crippen LogP contribution in [0.5, 0.6) is 5.75 Å². The van der Waals surface area contributed by atoms with Gasteiger partial charge in [0.25, 0.3) is 0 Å². The fourth-order valence-electron chi connectivity index (χ4n) is 1.77. The fourth-order valence-corrected chi connectivity index (χ4v) is 1.93. The molecule has 0 bridgehead atoms. The summed E-state index contributed by atoms with van der Waals surface area (Å²) in [6, 6.07) is 11.7. The van der Waals surface area contributed by atoms with E-state index in [2.05, 4.69) is 5.32 Å². The lowest BCUT2D eigenvalue weighted by molar-refractivity contribution is 0.413. The molecule has 0 heterocycles. The Hall–Kier alpha value is -2.25. The van der Waals surface area contributed by atoms with E-state index >= 15 is 0 Å². The molecule has 2 aromatic rings. The molecular formula is C15H12ClFN2O. The Labute approximate surface area is 121 Å². The zero-order valence-corrected chi connectivity index (χ0v) is 11.5. The first-order valence-electron chi connectivity index (χ1n) is 5.90. The van der Waals surface area contributed by atoms with Gasteiger partial charge in [-0.15, -0.1) is 0 Å². The second-order valence-corrected chi connectivity index (χ2v) is 4.56. The molecule has 0 unspecified atom stereocenters. The molecule has 3 nitrogen and oxygen atoms in total. The van der Waals surface area contributed by atoms with Gasteiger partial charge < -0.3 is 10.1 Å². The lowest BCUT2D eigenvalue weighted by Crippen LogP contribution is -2.02. The second kappa shape index (κ2) is 6.27. The minimum Gasteiger partial charge on any atom is -0.495 e. The molecule has 0 aliphatic carbocycles. The Morgan fingerprint density at radius 1 is 1.30 bits per heavy atom. The highest BCUT2D eigenvalue weighted by Gasteiger charge is 2.05. The van der Waals surface area contributed by atoms with Crippen LogP contribution in [-0.4, -0.2) is 7.11 Å². The highest BCUT2D eigenvalue weighted by Crippen LogP contribution is 2.22. The van der Waals surface area contributed by atoms with E-state index in [1.807, 2.05) is 6.07 Å². The summed E-state index contributed by atoms with van der Waals surface area (Å²) in [5.74, 6) is 0.0986. The molecule has 1 N–H and O–H groups in total. The van der Waals surface area contributed by atoms with Gasteiger partial charge in [-0.2, -0.15) is 5.26 Å². The molecule has 0 amide bonds. The zero-order chi connectivity index (χ0) is 14.5. The fraction of sp³-hybridized carbons (Fsp3) is 0.133. The first-order valence-corrected chi connectivity index (χ1v) is 6.28. The lowest BCUT2D eigenvalue weighted by Gasteiger charge is -2.10. The van der Waals surface area contributed by atoms with Crippen LogP contribution in [0.2, 0.25) is 5.02 Å². The number of hydrogen-bond donors (Lipinski definition) is 1. The van der Waals surface area contributed by atoms with Crippen molar-refractivity contribution in [3.05, 3.63) is 58.4 Å². The summed E-state index contributed by atoms with van der Waals surface area (Å²) in [6.07, 6.45) is 0. The van der Waals surface area contributed by atoms with Gasteiger partial charge in [-0.3, -0.25) is 0 Å². The third kappa shape index (κ3) is 3.19. The SMILES string of the molecule is COc1cc(CNc2ccc(Cl)cc2F)ccc1C#N. The normalized spacial score (nSPS) is 9.90. The van der Waals surface area contributed by atoms with E-state index in [4.69, 9.17) is 21.6 Å². The number of nitrogens with one attached hydrogen (secondary N) is 1. The number of methoxy groups -OCH3 is 1. The molecule has 102 valence electrons. The monoisotopic (exact) mass is 290 g/mol. The van der Waals surface area contributed by atoms with Crippen LogP contribution in [0.3, 0.4) is 0 Å². The van der Waals surface area contributed by atoms with Crippen molar-refractivity contribution in [1.82, 2.24) is 0 Å². The molecule has 0 aromatic heterocycles. The Morgan fingerprint density at radius 3 is 2.75 bits per heavy atom. The van der Waals surface area contributed by atoms with E-state index in [-0.39, 0.29) is 0 Å². The van der Waals surface area contributed by atoms with Gasteiger partial charge in [-0.25, -0.2) is 4.39 Å². The largest absolute Gasteiger partial charge is 0.495 e. The molecular weight excluding hydrogens is 279 g/mol. The van der Waals surface area contributed by atoms with Crippen molar-refractivity contribution in [2.24, 2.45) is 0 Å². The third-order valence-corrected chi connectivity index (χ3v) is 3.04. The number of nitriles is 1. The number of halogens is 2. The maximum atomic E-state index is 13.6. The molecule has 0 saturated carbocycles. The number of hydrogen-bond acceptors (Lipinski definition) is 3. The predicted molar refractivity (Wildman–Crippen MR) is 76.4 cm³/mol. The van der Waals surface area contributed by atoms with Crippen LogP contribution in [0.4, 0.5) is 10.1 Å².